The summed E-state index contributed by atoms with van der Waals surface area (Å²) in [6.45, 7) is 6.76. The monoisotopic (exact) mass is 289 g/mol. The van der Waals surface area contributed by atoms with E-state index in [9.17, 15) is 0 Å². The Balaban J connectivity index is 2.01. The van der Waals surface area contributed by atoms with Crippen LogP contribution < -0.4 is 11.5 Å². The van der Waals surface area contributed by atoms with E-state index in [1.807, 2.05) is 0 Å². The molecule has 0 saturated heterocycles. The van der Waals surface area contributed by atoms with Crippen LogP contribution in [-0.2, 0) is 13.1 Å². The standard InChI is InChI=1S/C16H27N5/c1-13-4-5-14-11-21(12-15(14)10-13)16(19)20(8-2-6-17)9-3-7-18/h4-5,10,19H,2-3,6-9,11-12,17-18H2,1H3. The van der Waals surface area contributed by atoms with Crippen molar-refractivity contribution in [2.75, 3.05) is 26.2 Å². The Kier molecular flexibility index (Phi) is 5.59. The predicted molar refractivity (Wildman–Crippen MR) is 87.1 cm³/mol. The third kappa shape index (κ3) is 3.95. The van der Waals surface area contributed by atoms with Crippen LogP contribution in [0.4, 0.5) is 0 Å². The predicted octanol–water partition coefficient (Wildman–Crippen LogP) is 1.24. The molecule has 0 unspecified atom stereocenters. The minimum Gasteiger partial charge on any atom is -0.343 e. The second kappa shape index (κ2) is 7.43. The molecule has 0 saturated carbocycles. The first-order valence-corrected chi connectivity index (χ1v) is 7.72. The number of fused-ring (bicyclic) bond motifs is 1. The van der Waals surface area contributed by atoms with Crippen LogP contribution in [0.3, 0.4) is 0 Å². The first kappa shape index (κ1) is 15.8. The summed E-state index contributed by atoms with van der Waals surface area (Å²) >= 11 is 0. The van der Waals surface area contributed by atoms with Crippen LogP contribution >= 0.6 is 0 Å². The number of hydrogen-bond acceptors (Lipinski definition) is 3. The normalized spacial score (nSPS) is 13.4. The Bertz CT molecular complexity index is 478. The molecule has 116 valence electrons. The van der Waals surface area contributed by atoms with E-state index in [0.717, 1.165) is 39.0 Å². The number of benzene rings is 1. The molecule has 1 aromatic carbocycles. The van der Waals surface area contributed by atoms with Gasteiger partial charge in [0.1, 0.15) is 0 Å². The largest absolute Gasteiger partial charge is 0.343 e. The zero-order valence-corrected chi connectivity index (χ0v) is 12.9. The minimum atomic E-state index is 0.603. The van der Waals surface area contributed by atoms with E-state index in [2.05, 4.69) is 34.9 Å². The number of aryl methyl sites for hydroxylation is 1. The summed E-state index contributed by atoms with van der Waals surface area (Å²) in [4.78, 5) is 4.25. The van der Waals surface area contributed by atoms with Gasteiger partial charge in [-0.1, -0.05) is 23.8 Å². The van der Waals surface area contributed by atoms with Crippen molar-refractivity contribution in [1.29, 1.82) is 5.41 Å². The average molecular weight is 289 g/mol. The molecule has 1 aromatic rings. The summed E-state index contributed by atoms with van der Waals surface area (Å²) in [7, 11) is 0. The Morgan fingerprint density at radius 2 is 1.76 bits per heavy atom. The Hall–Kier alpha value is -1.59. The molecule has 5 heteroatoms. The van der Waals surface area contributed by atoms with Gasteiger partial charge in [-0.2, -0.15) is 0 Å². The highest BCUT2D eigenvalue weighted by molar-refractivity contribution is 5.77. The topological polar surface area (TPSA) is 82.4 Å². The lowest BCUT2D eigenvalue weighted by atomic mass is 10.1. The van der Waals surface area contributed by atoms with Gasteiger partial charge < -0.3 is 21.3 Å². The van der Waals surface area contributed by atoms with Gasteiger partial charge in [-0.15, -0.1) is 0 Å². The lowest BCUT2D eigenvalue weighted by Gasteiger charge is -2.30. The fraction of sp³-hybridized carbons (Fsp3) is 0.562. The van der Waals surface area contributed by atoms with Gasteiger partial charge in [0.05, 0.1) is 0 Å². The first-order valence-electron chi connectivity index (χ1n) is 7.72. The summed E-state index contributed by atoms with van der Waals surface area (Å²) in [5, 5.41) is 8.50. The van der Waals surface area contributed by atoms with Gasteiger partial charge >= 0.3 is 0 Å². The van der Waals surface area contributed by atoms with Gasteiger partial charge in [0.15, 0.2) is 5.96 Å². The number of rotatable bonds is 6. The number of hydrogen-bond donors (Lipinski definition) is 3. The van der Waals surface area contributed by atoms with Crippen LogP contribution in [0.15, 0.2) is 18.2 Å². The van der Waals surface area contributed by atoms with Gasteiger partial charge in [-0.25, -0.2) is 0 Å². The first-order chi connectivity index (χ1) is 10.2. The molecule has 0 atom stereocenters. The fourth-order valence-corrected chi connectivity index (χ4v) is 2.76. The molecule has 0 fully saturated rings. The van der Waals surface area contributed by atoms with Gasteiger partial charge in [-0.3, -0.25) is 5.41 Å². The summed E-state index contributed by atoms with van der Waals surface area (Å²) in [6, 6.07) is 6.56. The number of guanidine groups is 1. The maximum Gasteiger partial charge on any atom is 0.194 e. The Morgan fingerprint density at radius 1 is 1.14 bits per heavy atom. The molecule has 2 rings (SSSR count). The molecule has 0 aromatic heterocycles. The maximum absolute atomic E-state index is 8.50. The van der Waals surface area contributed by atoms with E-state index >= 15 is 0 Å². The van der Waals surface area contributed by atoms with Crippen molar-refractivity contribution >= 4 is 5.96 Å². The summed E-state index contributed by atoms with van der Waals surface area (Å²) in [6.07, 6.45) is 1.82. The van der Waals surface area contributed by atoms with Crippen LogP contribution in [-0.4, -0.2) is 41.9 Å². The highest BCUT2D eigenvalue weighted by Crippen LogP contribution is 2.24. The van der Waals surface area contributed by atoms with Crippen LogP contribution in [0.1, 0.15) is 29.5 Å². The van der Waals surface area contributed by atoms with Crippen molar-refractivity contribution in [1.82, 2.24) is 9.80 Å². The molecule has 0 spiro atoms. The van der Waals surface area contributed by atoms with E-state index in [4.69, 9.17) is 16.9 Å². The van der Waals surface area contributed by atoms with Crippen molar-refractivity contribution in [3.8, 4) is 0 Å². The molecule has 1 aliphatic rings. The molecule has 5 N–H and O–H groups in total. The molecule has 21 heavy (non-hydrogen) atoms. The van der Waals surface area contributed by atoms with Gasteiger partial charge in [-0.05, 0) is 44.0 Å². The lowest BCUT2D eigenvalue weighted by Crippen LogP contribution is -2.43. The highest BCUT2D eigenvalue weighted by Gasteiger charge is 2.24. The molecule has 0 bridgehead atoms. The van der Waals surface area contributed by atoms with Crippen molar-refractivity contribution in [2.24, 2.45) is 11.5 Å². The van der Waals surface area contributed by atoms with Crippen LogP contribution in [0.2, 0.25) is 0 Å². The highest BCUT2D eigenvalue weighted by atomic mass is 15.4. The van der Waals surface area contributed by atoms with E-state index < -0.39 is 0 Å². The summed E-state index contributed by atoms with van der Waals surface area (Å²) in [5.41, 5.74) is 15.2. The lowest BCUT2D eigenvalue weighted by molar-refractivity contribution is 0.313. The van der Waals surface area contributed by atoms with Crippen LogP contribution in [0, 0.1) is 12.3 Å². The number of nitrogens with one attached hydrogen (secondary N) is 1. The Morgan fingerprint density at radius 3 is 2.38 bits per heavy atom. The summed E-state index contributed by atoms with van der Waals surface area (Å²) < 4.78 is 0. The number of nitrogens with zero attached hydrogens (tertiary/aromatic N) is 2. The number of nitrogens with two attached hydrogens (primary N) is 2. The summed E-state index contributed by atoms with van der Waals surface area (Å²) in [5.74, 6) is 0.603. The van der Waals surface area contributed by atoms with Gasteiger partial charge in [0.25, 0.3) is 0 Å². The van der Waals surface area contributed by atoms with E-state index in [1.165, 1.54) is 16.7 Å². The second-order valence-corrected chi connectivity index (χ2v) is 5.72. The van der Waals surface area contributed by atoms with E-state index in [0.29, 0.717) is 19.0 Å². The van der Waals surface area contributed by atoms with Crippen LogP contribution in [0.5, 0.6) is 0 Å². The van der Waals surface area contributed by atoms with Crippen molar-refractivity contribution in [2.45, 2.75) is 32.9 Å². The quantitative estimate of drug-likeness (QED) is 0.543. The van der Waals surface area contributed by atoms with Crippen molar-refractivity contribution in [3.63, 3.8) is 0 Å². The smallest absolute Gasteiger partial charge is 0.194 e. The van der Waals surface area contributed by atoms with Crippen LogP contribution in [0.25, 0.3) is 0 Å². The van der Waals surface area contributed by atoms with Gasteiger partial charge in [0.2, 0.25) is 0 Å². The second-order valence-electron chi connectivity index (χ2n) is 5.72. The van der Waals surface area contributed by atoms with Gasteiger partial charge in [0, 0.05) is 26.2 Å². The molecule has 1 aliphatic heterocycles. The fourth-order valence-electron chi connectivity index (χ4n) is 2.76. The van der Waals surface area contributed by atoms with Crippen molar-refractivity contribution < 1.29 is 0 Å². The van der Waals surface area contributed by atoms with E-state index in [-0.39, 0.29) is 0 Å². The molecular weight excluding hydrogens is 262 g/mol. The molecule has 5 nitrogen and oxygen atoms in total. The zero-order chi connectivity index (χ0) is 15.2. The molecule has 1 heterocycles. The molecule has 0 amide bonds. The third-order valence-corrected chi connectivity index (χ3v) is 3.95. The van der Waals surface area contributed by atoms with E-state index in [1.54, 1.807) is 0 Å². The third-order valence-electron chi connectivity index (χ3n) is 3.95. The molecule has 0 aliphatic carbocycles. The Labute approximate surface area is 127 Å². The average Bonchev–Trinajstić information content (AvgIpc) is 2.89. The maximum atomic E-state index is 8.50. The molecular formula is C16H27N5. The SMILES string of the molecule is Cc1ccc2c(c1)CN(C(=N)N(CCCN)CCCN)C2. The zero-order valence-electron chi connectivity index (χ0n) is 12.9. The molecule has 0 radical (unpaired) electrons. The van der Waals surface area contributed by atoms with Crippen molar-refractivity contribution in [3.05, 3.63) is 34.9 Å². The minimum absolute atomic E-state index is 0.603.